The van der Waals surface area contributed by atoms with Crippen molar-refractivity contribution in [1.29, 1.82) is 0 Å². The van der Waals surface area contributed by atoms with E-state index in [1.54, 1.807) is 13.8 Å². The summed E-state index contributed by atoms with van der Waals surface area (Å²) in [6.07, 6.45) is 0. The summed E-state index contributed by atoms with van der Waals surface area (Å²) in [6.45, 7) is 3.60. The van der Waals surface area contributed by atoms with E-state index in [9.17, 15) is 4.39 Å². The van der Waals surface area contributed by atoms with Gasteiger partial charge in [0.2, 0.25) is 0 Å². The predicted octanol–water partition coefficient (Wildman–Crippen LogP) is 3.21. The first-order valence-electron chi connectivity index (χ1n) is 5.09. The number of anilines is 2. The van der Waals surface area contributed by atoms with Gasteiger partial charge in [0.15, 0.2) is 5.82 Å². The molecule has 0 aliphatic heterocycles. The average molecular weight is 334 g/mol. The van der Waals surface area contributed by atoms with E-state index in [2.05, 4.69) is 21.0 Å². The van der Waals surface area contributed by atoms with E-state index in [-0.39, 0.29) is 22.1 Å². The zero-order valence-electron chi connectivity index (χ0n) is 9.76. The maximum atomic E-state index is 14.2. The third-order valence-electron chi connectivity index (χ3n) is 2.65. The molecular formula is C11H11BrClFN4. The fourth-order valence-corrected chi connectivity index (χ4v) is 2.10. The van der Waals surface area contributed by atoms with E-state index in [1.807, 2.05) is 0 Å². The summed E-state index contributed by atoms with van der Waals surface area (Å²) >= 11 is 9.17. The molecule has 0 bridgehead atoms. The van der Waals surface area contributed by atoms with Crippen LogP contribution in [-0.4, -0.2) is 9.78 Å². The lowest BCUT2D eigenvalue weighted by molar-refractivity contribution is 0.610. The fourth-order valence-electron chi connectivity index (χ4n) is 1.71. The van der Waals surface area contributed by atoms with Crippen LogP contribution in [0, 0.1) is 19.7 Å². The first-order chi connectivity index (χ1) is 8.34. The molecule has 1 heterocycles. The number of hydrogen-bond donors (Lipinski definition) is 2. The number of nitrogens with two attached hydrogens (primary N) is 2. The number of aryl methyl sites for hydroxylation is 1. The highest BCUT2D eigenvalue weighted by Crippen LogP contribution is 2.34. The second kappa shape index (κ2) is 4.44. The van der Waals surface area contributed by atoms with Crippen molar-refractivity contribution in [3.8, 4) is 5.69 Å². The van der Waals surface area contributed by atoms with Gasteiger partial charge in [-0.1, -0.05) is 11.6 Å². The molecule has 0 radical (unpaired) electrons. The van der Waals surface area contributed by atoms with E-state index in [1.165, 1.54) is 10.7 Å². The summed E-state index contributed by atoms with van der Waals surface area (Å²) < 4.78 is 16.4. The fraction of sp³-hybridized carbons (Fsp3) is 0.182. The number of nitrogen functional groups attached to an aromatic ring is 2. The zero-order chi connectivity index (χ0) is 13.6. The Balaban J connectivity index is 2.79. The molecule has 0 amide bonds. The normalized spacial score (nSPS) is 10.9. The summed E-state index contributed by atoms with van der Waals surface area (Å²) in [5.41, 5.74) is 13.2. The Kier molecular flexibility index (Phi) is 3.25. The van der Waals surface area contributed by atoms with Gasteiger partial charge in [0.05, 0.1) is 27.2 Å². The Labute approximate surface area is 117 Å². The van der Waals surface area contributed by atoms with E-state index < -0.39 is 5.82 Å². The first kappa shape index (κ1) is 13.2. The van der Waals surface area contributed by atoms with Crippen molar-refractivity contribution < 1.29 is 4.39 Å². The number of halogens is 3. The lowest BCUT2D eigenvalue weighted by Gasteiger charge is -2.12. The Morgan fingerprint density at radius 1 is 1.33 bits per heavy atom. The second-order valence-corrected chi connectivity index (χ2v) is 5.10. The van der Waals surface area contributed by atoms with Gasteiger partial charge in [0.1, 0.15) is 10.7 Å². The molecule has 4 N–H and O–H groups in total. The van der Waals surface area contributed by atoms with Gasteiger partial charge in [-0.2, -0.15) is 5.10 Å². The van der Waals surface area contributed by atoms with Crippen LogP contribution >= 0.6 is 27.5 Å². The summed E-state index contributed by atoms with van der Waals surface area (Å²) in [7, 11) is 0. The minimum absolute atomic E-state index is 0.107. The van der Waals surface area contributed by atoms with Crippen molar-refractivity contribution in [2.45, 2.75) is 13.8 Å². The minimum Gasteiger partial charge on any atom is -0.397 e. The molecule has 4 nitrogen and oxygen atoms in total. The van der Waals surface area contributed by atoms with Crippen molar-refractivity contribution >= 4 is 38.9 Å². The molecule has 1 aromatic carbocycles. The summed E-state index contributed by atoms with van der Waals surface area (Å²) in [5, 5.41) is 4.07. The van der Waals surface area contributed by atoms with Gasteiger partial charge in [-0.15, -0.1) is 0 Å². The minimum atomic E-state index is -0.674. The van der Waals surface area contributed by atoms with Crippen LogP contribution in [0.5, 0.6) is 0 Å². The quantitative estimate of drug-likeness (QED) is 0.787. The Hall–Kier alpha value is -1.27. The predicted molar refractivity (Wildman–Crippen MR) is 74.5 cm³/mol. The summed E-state index contributed by atoms with van der Waals surface area (Å²) in [5.74, 6) is -0.674. The number of rotatable bonds is 1. The molecule has 2 aromatic rings. The monoisotopic (exact) mass is 332 g/mol. The number of hydrogen-bond acceptors (Lipinski definition) is 3. The van der Waals surface area contributed by atoms with Gasteiger partial charge in [-0.05, 0) is 35.8 Å². The molecule has 0 unspecified atom stereocenters. The molecule has 1 aromatic heterocycles. The Morgan fingerprint density at radius 2 is 1.94 bits per heavy atom. The van der Waals surface area contributed by atoms with Crippen LogP contribution in [0.4, 0.5) is 15.8 Å². The topological polar surface area (TPSA) is 69.9 Å². The van der Waals surface area contributed by atoms with Crippen LogP contribution in [-0.2, 0) is 0 Å². The second-order valence-electron chi connectivity index (χ2n) is 3.93. The van der Waals surface area contributed by atoms with E-state index in [0.717, 1.165) is 15.9 Å². The first-order valence-corrected chi connectivity index (χ1v) is 6.26. The van der Waals surface area contributed by atoms with Crippen LogP contribution in [0.1, 0.15) is 11.4 Å². The van der Waals surface area contributed by atoms with Crippen molar-refractivity contribution in [2.24, 2.45) is 0 Å². The van der Waals surface area contributed by atoms with Gasteiger partial charge in [-0.25, -0.2) is 9.07 Å². The summed E-state index contributed by atoms with van der Waals surface area (Å²) in [4.78, 5) is 0. The van der Waals surface area contributed by atoms with Crippen LogP contribution in [0.2, 0.25) is 5.02 Å². The molecule has 7 heteroatoms. The van der Waals surface area contributed by atoms with Gasteiger partial charge in [-0.3, -0.25) is 0 Å². The van der Waals surface area contributed by atoms with Crippen LogP contribution in [0.3, 0.4) is 0 Å². The molecule has 2 rings (SSSR count). The van der Waals surface area contributed by atoms with Crippen LogP contribution in [0.15, 0.2) is 10.5 Å². The maximum absolute atomic E-state index is 14.2. The highest BCUT2D eigenvalue weighted by molar-refractivity contribution is 9.10. The SMILES string of the molecule is Cc1nn(-c2c(N)cc(N)c(Cl)c2F)c(C)c1Br. The van der Waals surface area contributed by atoms with Gasteiger partial charge in [0, 0.05) is 0 Å². The zero-order valence-corrected chi connectivity index (χ0v) is 12.1. The number of aromatic nitrogens is 2. The maximum Gasteiger partial charge on any atom is 0.171 e. The van der Waals surface area contributed by atoms with Gasteiger partial charge >= 0.3 is 0 Å². The van der Waals surface area contributed by atoms with Crippen molar-refractivity contribution in [2.75, 3.05) is 11.5 Å². The molecule has 0 fully saturated rings. The number of benzene rings is 1. The highest BCUT2D eigenvalue weighted by Gasteiger charge is 2.20. The molecule has 0 saturated carbocycles. The smallest absolute Gasteiger partial charge is 0.171 e. The largest absolute Gasteiger partial charge is 0.397 e. The van der Waals surface area contributed by atoms with Crippen molar-refractivity contribution in [3.63, 3.8) is 0 Å². The molecule has 0 aliphatic rings. The molecule has 0 spiro atoms. The third kappa shape index (κ3) is 1.85. The van der Waals surface area contributed by atoms with Gasteiger partial charge in [0.25, 0.3) is 0 Å². The van der Waals surface area contributed by atoms with Crippen molar-refractivity contribution in [3.05, 3.63) is 32.8 Å². The molecule has 18 heavy (non-hydrogen) atoms. The molecule has 0 saturated heterocycles. The molecule has 0 atom stereocenters. The third-order valence-corrected chi connectivity index (χ3v) is 4.19. The molecule has 0 aliphatic carbocycles. The average Bonchev–Trinajstić information content (AvgIpc) is 2.55. The lowest BCUT2D eigenvalue weighted by Crippen LogP contribution is -2.08. The van der Waals surface area contributed by atoms with E-state index in [4.69, 9.17) is 23.1 Å². The lowest BCUT2D eigenvalue weighted by atomic mass is 10.2. The molecule has 96 valence electrons. The van der Waals surface area contributed by atoms with Crippen LogP contribution < -0.4 is 11.5 Å². The Bertz CT molecular complexity index is 639. The standard InChI is InChI=1S/C11H11BrClFN4/c1-4-8(12)5(2)18(17-4)11-7(16)3-6(15)9(13)10(11)14/h3H,15-16H2,1-2H3. The van der Waals surface area contributed by atoms with Crippen LogP contribution in [0.25, 0.3) is 5.69 Å². The van der Waals surface area contributed by atoms with E-state index >= 15 is 0 Å². The highest BCUT2D eigenvalue weighted by atomic mass is 79.9. The summed E-state index contributed by atoms with van der Waals surface area (Å²) in [6, 6.07) is 1.42. The van der Waals surface area contributed by atoms with Crippen molar-refractivity contribution in [1.82, 2.24) is 9.78 Å². The van der Waals surface area contributed by atoms with Gasteiger partial charge < -0.3 is 11.5 Å². The van der Waals surface area contributed by atoms with E-state index in [0.29, 0.717) is 0 Å². The molecular weight excluding hydrogens is 323 g/mol. The Morgan fingerprint density at radius 3 is 2.44 bits per heavy atom. The number of nitrogens with zero attached hydrogens (tertiary/aromatic N) is 2.